The molecule has 1 fully saturated rings. The van der Waals surface area contributed by atoms with Gasteiger partial charge in [0, 0.05) is 25.5 Å². The minimum absolute atomic E-state index is 0.0631. The molecule has 0 unspecified atom stereocenters. The van der Waals surface area contributed by atoms with Gasteiger partial charge in [0.05, 0.1) is 5.56 Å². The smallest absolute Gasteiger partial charge is 0.253 e. The third-order valence-electron chi connectivity index (χ3n) is 2.55. The summed E-state index contributed by atoms with van der Waals surface area (Å²) >= 11 is 3.23. The van der Waals surface area contributed by atoms with Crippen LogP contribution in [-0.4, -0.2) is 30.1 Å². The van der Waals surface area contributed by atoms with Gasteiger partial charge in [-0.15, -0.1) is 0 Å². The Balaban J connectivity index is 1.94. The monoisotopic (exact) mass is 284 g/mol. The fraction of sp³-hybridized carbons (Fsp3) is 0.455. The number of hydrogen-bond donors (Lipinski definition) is 1. The Bertz CT molecular complexity index is 361. The summed E-state index contributed by atoms with van der Waals surface area (Å²) in [6.07, 6.45) is 3.34. The fourth-order valence-electron chi connectivity index (χ4n) is 1.62. The lowest BCUT2D eigenvalue weighted by molar-refractivity contribution is 0.0696. The Labute approximate surface area is 103 Å². The molecule has 0 radical (unpaired) electrons. The maximum Gasteiger partial charge on any atom is 0.253 e. The van der Waals surface area contributed by atoms with Crippen LogP contribution in [0.25, 0.3) is 0 Å². The zero-order valence-electron chi connectivity index (χ0n) is 8.78. The van der Waals surface area contributed by atoms with Crippen molar-refractivity contribution in [3.05, 3.63) is 28.5 Å². The van der Waals surface area contributed by atoms with Crippen molar-refractivity contribution in [2.75, 3.05) is 13.2 Å². The van der Waals surface area contributed by atoms with Gasteiger partial charge in [-0.05, 0) is 40.9 Å². The van der Waals surface area contributed by atoms with E-state index in [9.17, 15) is 4.79 Å². The highest BCUT2D eigenvalue weighted by atomic mass is 79.9. The first kappa shape index (κ1) is 11.5. The number of carbonyl (C=O) groups excluding carboxylic acids is 1. The molecule has 2 rings (SSSR count). The predicted molar refractivity (Wildman–Crippen MR) is 63.2 cm³/mol. The Kier molecular flexibility index (Phi) is 3.90. The van der Waals surface area contributed by atoms with Crippen molar-refractivity contribution in [3.8, 4) is 0 Å². The number of aromatic nitrogens is 1. The van der Waals surface area contributed by atoms with Crippen LogP contribution < -0.4 is 5.32 Å². The van der Waals surface area contributed by atoms with Gasteiger partial charge in [0.25, 0.3) is 5.91 Å². The van der Waals surface area contributed by atoms with Crippen LogP contribution in [-0.2, 0) is 4.74 Å². The third kappa shape index (κ3) is 3.02. The lowest BCUT2D eigenvalue weighted by Crippen LogP contribution is -2.38. The molecule has 16 heavy (non-hydrogen) atoms. The summed E-state index contributed by atoms with van der Waals surface area (Å²) in [5.41, 5.74) is 0.592. The van der Waals surface area contributed by atoms with E-state index in [1.165, 1.54) is 0 Å². The van der Waals surface area contributed by atoms with Crippen LogP contribution in [0.1, 0.15) is 23.2 Å². The van der Waals surface area contributed by atoms with Gasteiger partial charge in [0.1, 0.15) is 4.60 Å². The van der Waals surface area contributed by atoms with Gasteiger partial charge in [-0.2, -0.15) is 0 Å². The van der Waals surface area contributed by atoms with Gasteiger partial charge >= 0.3 is 0 Å². The SMILES string of the molecule is O=C(NC1CCOCC1)c1ccc(Br)nc1. The van der Waals surface area contributed by atoms with Gasteiger partial charge in [0.15, 0.2) is 0 Å². The summed E-state index contributed by atoms with van der Waals surface area (Å²) < 4.78 is 5.96. The van der Waals surface area contributed by atoms with Crippen molar-refractivity contribution < 1.29 is 9.53 Å². The highest BCUT2D eigenvalue weighted by Gasteiger charge is 2.16. The Morgan fingerprint density at radius 2 is 2.19 bits per heavy atom. The number of rotatable bonds is 2. The molecule has 0 atom stereocenters. The minimum atomic E-state index is -0.0631. The molecule has 2 heterocycles. The second kappa shape index (κ2) is 5.41. The lowest BCUT2D eigenvalue weighted by Gasteiger charge is -2.23. The van der Waals surface area contributed by atoms with Crippen LogP contribution in [0.15, 0.2) is 22.9 Å². The maximum absolute atomic E-state index is 11.8. The van der Waals surface area contributed by atoms with E-state index in [0.717, 1.165) is 30.7 Å². The number of ether oxygens (including phenoxy) is 1. The van der Waals surface area contributed by atoms with Gasteiger partial charge in [-0.3, -0.25) is 4.79 Å². The van der Waals surface area contributed by atoms with Crippen molar-refractivity contribution in [2.45, 2.75) is 18.9 Å². The van der Waals surface area contributed by atoms with Crippen molar-refractivity contribution in [1.82, 2.24) is 10.3 Å². The van der Waals surface area contributed by atoms with Gasteiger partial charge in [-0.1, -0.05) is 0 Å². The molecule has 0 bridgehead atoms. The summed E-state index contributed by atoms with van der Waals surface area (Å²) in [7, 11) is 0. The fourth-order valence-corrected chi connectivity index (χ4v) is 1.86. The van der Waals surface area contributed by atoms with E-state index in [1.54, 1.807) is 18.3 Å². The molecule has 86 valence electrons. The van der Waals surface area contributed by atoms with Crippen molar-refractivity contribution in [2.24, 2.45) is 0 Å². The zero-order chi connectivity index (χ0) is 11.4. The highest BCUT2D eigenvalue weighted by molar-refractivity contribution is 9.10. The van der Waals surface area contributed by atoms with Crippen LogP contribution in [0, 0.1) is 0 Å². The van der Waals surface area contributed by atoms with Gasteiger partial charge in [-0.25, -0.2) is 4.98 Å². The van der Waals surface area contributed by atoms with Crippen LogP contribution in [0.5, 0.6) is 0 Å². The predicted octanol–water partition coefficient (Wildman–Crippen LogP) is 1.75. The second-order valence-corrected chi connectivity index (χ2v) is 4.54. The average Bonchev–Trinajstić information content (AvgIpc) is 2.31. The van der Waals surface area contributed by atoms with Crippen molar-refractivity contribution in [3.63, 3.8) is 0 Å². The molecule has 1 amide bonds. The summed E-state index contributed by atoms with van der Waals surface area (Å²) in [6.45, 7) is 1.45. The second-order valence-electron chi connectivity index (χ2n) is 3.73. The van der Waals surface area contributed by atoms with E-state index < -0.39 is 0 Å². The molecule has 5 heteroatoms. The Morgan fingerprint density at radius 1 is 1.44 bits per heavy atom. The number of nitrogens with one attached hydrogen (secondary N) is 1. The van der Waals surface area contributed by atoms with Crippen LogP contribution in [0.3, 0.4) is 0 Å². The van der Waals surface area contributed by atoms with Crippen LogP contribution >= 0.6 is 15.9 Å². The standard InChI is InChI=1S/C11H13BrN2O2/c12-10-2-1-8(7-13-10)11(15)14-9-3-5-16-6-4-9/h1-2,7,9H,3-6H2,(H,14,15). The Morgan fingerprint density at radius 3 is 2.81 bits per heavy atom. The third-order valence-corrected chi connectivity index (χ3v) is 3.02. The quantitative estimate of drug-likeness (QED) is 0.842. The molecule has 1 aliphatic heterocycles. The van der Waals surface area contributed by atoms with Crippen LogP contribution in [0.4, 0.5) is 0 Å². The largest absolute Gasteiger partial charge is 0.381 e. The summed E-state index contributed by atoms with van der Waals surface area (Å²) in [5, 5.41) is 2.98. The number of halogens is 1. The molecule has 1 aliphatic rings. The first-order valence-corrected chi connectivity index (χ1v) is 6.05. The minimum Gasteiger partial charge on any atom is -0.381 e. The molecule has 0 spiro atoms. The lowest BCUT2D eigenvalue weighted by atomic mass is 10.1. The Hall–Kier alpha value is -0.940. The first-order valence-electron chi connectivity index (χ1n) is 5.26. The molecule has 0 aliphatic carbocycles. The topological polar surface area (TPSA) is 51.2 Å². The van der Waals surface area contributed by atoms with E-state index >= 15 is 0 Å². The maximum atomic E-state index is 11.8. The summed E-state index contributed by atoms with van der Waals surface area (Å²) in [6, 6.07) is 3.75. The van der Waals surface area contributed by atoms with Crippen molar-refractivity contribution in [1.29, 1.82) is 0 Å². The molecule has 1 N–H and O–H groups in total. The molecular weight excluding hydrogens is 272 g/mol. The van der Waals surface area contributed by atoms with Crippen LogP contribution in [0.2, 0.25) is 0 Å². The number of amides is 1. The summed E-state index contributed by atoms with van der Waals surface area (Å²) in [5.74, 6) is -0.0631. The first-order chi connectivity index (χ1) is 7.75. The molecule has 1 aromatic heterocycles. The molecular formula is C11H13BrN2O2. The molecule has 0 saturated carbocycles. The van der Waals surface area contributed by atoms with E-state index in [-0.39, 0.29) is 11.9 Å². The molecule has 0 aromatic carbocycles. The number of nitrogens with zero attached hydrogens (tertiary/aromatic N) is 1. The number of hydrogen-bond acceptors (Lipinski definition) is 3. The molecule has 4 nitrogen and oxygen atoms in total. The highest BCUT2D eigenvalue weighted by Crippen LogP contribution is 2.09. The van der Waals surface area contributed by atoms with Crippen molar-refractivity contribution >= 4 is 21.8 Å². The number of carbonyl (C=O) groups is 1. The van der Waals surface area contributed by atoms with E-state index in [2.05, 4.69) is 26.2 Å². The molecule has 1 saturated heterocycles. The van der Waals surface area contributed by atoms with E-state index in [1.807, 2.05) is 0 Å². The number of pyridine rings is 1. The zero-order valence-corrected chi connectivity index (χ0v) is 10.4. The van der Waals surface area contributed by atoms with E-state index in [4.69, 9.17) is 4.74 Å². The molecule has 1 aromatic rings. The summed E-state index contributed by atoms with van der Waals surface area (Å²) in [4.78, 5) is 15.8. The van der Waals surface area contributed by atoms with Gasteiger partial charge in [0.2, 0.25) is 0 Å². The normalized spacial score (nSPS) is 17.1. The van der Waals surface area contributed by atoms with Gasteiger partial charge < -0.3 is 10.1 Å². The average molecular weight is 285 g/mol. The van der Waals surface area contributed by atoms with E-state index in [0.29, 0.717) is 5.56 Å².